The van der Waals surface area contributed by atoms with Crippen LogP contribution in [0.3, 0.4) is 0 Å². The lowest BCUT2D eigenvalue weighted by Crippen LogP contribution is -2.16. The number of hydrogen-bond donors (Lipinski definition) is 1. The quantitative estimate of drug-likeness (QED) is 0.661. The molecular weight excluding hydrogens is 144 g/mol. The molecule has 3 heteroatoms. The summed E-state index contributed by atoms with van der Waals surface area (Å²) in [6.45, 7) is 4.56. The van der Waals surface area contributed by atoms with Crippen LogP contribution in [0, 0.1) is 11.8 Å². The van der Waals surface area contributed by atoms with Crippen LogP contribution < -0.4 is 0 Å². The Bertz CT molecular complexity index is 123. The Morgan fingerprint density at radius 3 is 2.36 bits per heavy atom. The highest BCUT2D eigenvalue weighted by molar-refractivity contribution is 5.66. The molecule has 0 heterocycles. The van der Waals surface area contributed by atoms with Crippen LogP contribution in [0.15, 0.2) is 0 Å². The second-order valence-corrected chi connectivity index (χ2v) is 3.01. The van der Waals surface area contributed by atoms with E-state index in [1.807, 2.05) is 13.8 Å². The lowest BCUT2D eigenvalue weighted by atomic mass is 9.94. The van der Waals surface area contributed by atoms with Gasteiger partial charge in [0.25, 0.3) is 0 Å². The van der Waals surface area contributed by atoms with E-state index in [1.165, 1.54) is 0 Å². The summed E-state index contributed by atoms with van der Waals surface area (Å²) >= 11 is 0. The van der Waals surface area contributed by atoms with Crippen molar-refractivity contribution >= 4 is 5.97 Å². The van der Waals surface area contributed by atoms with E-state index in [1.54, 1.807) is 7.11 Å². The first-order chi connectivity index (χ1) is 5.07. The fraction of sp³-hybridized carbons (Fsp3) is 0.875. The Kier molecular flexibility index (Phi) is 4.86. The van der Waals surface area contributed by atoms with E-state index in [0.29, 0.717) is 12.5 Å². The van der Waals surface area contributed by atoms with Gasteiger partial charge in [0, 0.05) is 20.1 Å². The molecule has 66 valence electrons. The van der Waals surface area contributed by atoms with Gasteiger partial charge in [-0.25, -0.2) is 0 Å². The average Bonchev–Trinajstić information content (AvgIpc) is 1.86. The van der Waals surface area contributed by atoms with E-state index in [9.17, 15) is 4.79 Å². The summed E-state index contributed by atoms with van der Waals surface area (Å²) < 4.78 is 4.91. The predicted octanol–water partition coefficient (Wildman–Crippen LogP) is 1.38. The summed E-state index contributed by atoms with van der Waals surface area (Å²) in [5.41, 5.74) is 0. The van der Waals surface area contributed by atoms with E-state index >= 15 is 0 Å². The van der Waals surface area contributed by atoms with Gasteiger partial charge in [-0.2, -0.15) is 0 Å². The highest BCUT2D eigenvalue weighted by Gasteiger charge is 2.14. The zero-order valence-corrected chi connectivity index (χ0v) is 7.33. The lowest BCUT2D eigenvalue weighted by molar-refractivity contribution is -0.138. The Balaban J connectivity index is 3.63. The SMILES string of the molecule is COCC(C)C(C)CC(=O)O. The van der Waals surface area contributed by atoms with Crippen molar-refractivity contribution in [1.82, 2.24) is 0 Å². The summed E-state index contributed by atoms with van der Waals surface area (Å²) in [6.07, 6.45) is 0.227. The van der Waals surface area contributed by atoms with Gasteiger partial charge in [0.2, 0.25) is 0 Å². The Hall–Kier alpha value is -0.570. The van der Waals surface area contributed by atoms with Crippen LogP contribution in [-0.4, -0.2) is 24.8 Å². The van der Waals surface area contributed by atoms with Crippen LogP contribution in [-0.2, 0) is 9.53 Å². The topological polar surface area (TPSA) is 46.5 Å². The van der Waals surface area contributed by atoms with Crippen LogP contribution in [0.5, 0.6) is 0 Å². The Morgan fingerprint density at radius 2 is 2.00 bits per heavy atom. The maximum Gasteiger partial charge on any atom is 0.303 e. The molecule has 0 spiro atoms. The van der Waals surface area contributed by atoms with E-state index < -0.39 is 5.97 Å². The zero-order chi connectivity index (χ0) is 8.85. The third-order valence-corrected chi connectivity index (χ3v) is 1.90. The molecule has 0 rings (SSSR count). The summed E-state index contributed by atoms with van der Waals surface area (Å²) in [7, 11) is 1.63. The molecule has 0 aliphatic carbocycles. The van der Waals surface area contributed by atoms with Crippen molar-refractivity contribution in [3.8, 4) is 0 Å². The van der Waals surface area contributed by atoms with E-state index in [0.717, 1.165) is 0 Å². The third-order valence-electron chi connectivity index (χ3n) is 1.90. The zero-order valence-electron chi connectivity index (χ0n) is 7.33. The van der Waals surface area contributed by atoms with Crippen molar-refractivity contribution in [1.29, 1.82) is 0 Å². The molecule has 0 radical (unpaired) electrons. The number of methoxy groups -OCH3 is 1. The number of hydrogen-bond acceptors (Lipinski definition) is 2. The second kappa shape index (κ2) is 5.13. The molecule has 3 nitrogen and oxygen atoms in total. The highest BCUT2D eigenvalue weighted by Crippen LogP contribution is 2.14. The molecule has 1 N–H and O–H groups in total. The van der Waals surface area contributed by atoms with Crippen molar-refractivity contribution in [2.75, 3.05) is 13.7 Å². The van der Waals surface area contributed by atoms with Crippen molar-refractivity contribution in [3.63, 3.8) is 0 Å². The van der Waals surface area contributed by atoms with Crippen LogP contribution in [0.2, 0.25) is 0 Å². The first-order valence-electron chi connectivity index (χ1n) is 3.78. The van der Waals surface area contributed by atoms with Gasteiger partial charge < -0.3 is 9.84 Å². The number of ether oxygens (including phenoxy) is 1. The van der Waals surface area contributed by atoms with Gasteiger partial charge in [0.15, 0.2) is 0 Å². The molecule has 0 amide bonds. The minimum atomic E-state index is -0.736. The molecule has 0 aliphatic heterocycles. The summed E-state index contributed by atoms with van der Waals surface area (Å²) in [5.74, 6) is -0.232. The van der Waals surface area contributed by atoms with Crippen molar-refractivity contribution < 1.29 is 14.6 Å². The Labute approximate surface area is 67.4 Å². The third kappa shape index (κ3) is 4.79. The van der Waals surface area contributed by atoms with Gasteiger partial charge in [0.05, 0.1) is 0 Å². The van der Waals surface area contributed by atoms with Crippen LogP contribution in [0.1, 0.15) is 20.3 Å². The maximum atomic E-state index is 10.3. The normalized spacial score (nSPS) is 15.9. The lowest BCUT2D eigenvalue weighted by Gasteiger charge is -2.16. The summed E-state index contributed by atoms with van der Waals surface area (Å²) in [4.78, 5) is 10.3. The molecule has 0 saturated carbocycles. The number of aliphatic carboxylic acids is 1. The first-order valence-corrected chi connectivity index (χ1v) is 3.78. The summed E-state index contributed by atoms with van der Waals surface area (Å²) in [6, 6.07) is 0. The van der Waals surface area contributed by atoms with Gasteiger partial charge >= 0.3 is 5.97 Å². The molecule has 0 aromatic carbocycles. The molecule has 0 saturated heterocycles. The number of rotatable bonds is 5. The predicted molar refractivity (Wildman–Crippen MR) is 42.5 cm³/mol. The van der Waals surface area contributed by atoms with E-state index in [4.69, 9.17) is 9.84 Å². The molecule has 11 heavy (non-hydrogen) atoms. The van der Waals surface area contributed by atoms with Crippen molar-refractivity contribution in [2.24, 2.45) is 11.8 Å². The van der Waals surface area contributed by atoms with Gasteiger partial charge in [-0.3, -0.25) is 4.79 Å². The van der Waals surface area contributed by atoms with E-state index in [-0.39, 0.29) is 12.3 Å². The molecule has 0 aromatic heterocycles. The van der Waals surface area contributed by atoms with Crippen LogP contribution >= 0.6 is 0 Å². The van der Waals surface area contributed by atoms with Crippen LogP contribution in [0.25, 0.3) is 0 Å². The fourth-order valence-corrected chi connectivity index (χ4v) is 0.904. The van der Waals surface area contributed by atoms with Crippen molar-refractivity contribution in [2.45, 2.75) is 20.3 Å². The second-order valence-electron chi connectivity index (χ2n) is 3.01. The fourth-order valence-electron chi connectivity index (χ4n) is 0.904. The first kappa shape index (κ1) is 10.4. The standard InChI is InChI=1S/C8H16O3/c1-6(4-8(9)10)7(2)5-11-3/h6-7H,4-5H2,1-3H3,(H,9,10). The summed E-state index contributed by atoms with van der Waals surface area (Å²) in [5, 5.41) is 8.46. The van der Waals surface area contributed by atoms with Gasteiger partial charge in [-0.1, -0.05) is 13.8 Å². The molecule has 2 atom stereocenters. The van der Waals surface area contributed by atoms with Gasteiger partial charge in [-0.15, -0.1) is 0 Å². The minimum absolute atomic E-state index is 0.187. The van der Waals surface area contributed by atoms with Gasteiger partial charge in [-0.05, 0) is 11.8 Å². The largest absolute Gasteiger partial charge is 0.481 e. The van der Waals surface area contributed by atoms with E-state index in [2.05, 4.69) is 0 Å². The molecule has 0 aromatic rings. The maximum absolute atomic E-state index is 10.3. The smallest absolute Gasteiger partial charge is 0.303 e. The monoisotopic (exact) mass is 160 g/mol. The molecule has 0 bridgehead atoms. The van der Waals surface area contributed by atoms with Crippen molar-refractivity contribution in [3.05, 3.63) is 0 Å². The molecule has 0 fully saturated rings. The molecular formula is C8H16O3. The number of carboxylic acid groups (broad SMARTS) is 1. The molecule has 0 aliphatic rings. The number of carbonyl (C=O) groups is 1. The highest BCUT2D eigenvalue weighted by atomic mass is 16.5. The minimum Gasteiger partial charge on any atom is -0.481 e. The average molecular weight is 160 g/mol. The van der Waals surface area contributed by atoms with Crippen LogP contribution in [0.4, 0.5) is 0 Å². The number of carboxylic acids is 1. The molecule has 2 unspecified atom stereocenters. The van der Waals surface area contributed by atoms with Gasteiger partial charge in [0.1, 0.15) is 0 Å². The Morgan fingerprint density at radius 1 is 1.45 bits per heavy atom.